The molecule has 1 aromatic heterocycles. The minimum atomic E-state index is -0.0753. The van der Waals surface area contributed by atoms with Crippen LogP contribution < -0.4 is 5.73 Å². The molecule has 104 valence electrons. The predicted octanol–water partition coefficient (Wildman–Crippen LogP) is 0.0363. The summed E-state index contributed by atoms with van der Waals surface area (Å²) in [4.78, 5) is 31.8. The molecule has 1 aliphatic heterocycles. The number of aromatic amines is 1. The zero-order valence-electron chi connectivity index (χ0n) is 11.2. The van der Waals surface area contributed by atoms with E-state index in [1.165, 1.54) is 0 Å². The maximum Gasteiger partial charge on any atom is 0.319 e. The molecule has 1 saturated heterocycles. The van der Waals surface area contributed by atoms with Gasteiger partial charge in [0.15, 0.2) is 0 Å². The van der Waals surface area contributed by atoms with Gasteiger partial charge in [0.2, 0.25) is 0 Å². The Morgan fingerprint density at radius 2 is 1.79 bits per heavy atom. The Labute approximate surface area is 111 Å². The highest BCUT2D eigenvalue weighted by Gasteiger charge is 2.25. The van der Waals surface area contributed by atoms with Gasteiger partial charge in [0.25, 0.3) is 5.91 Å². The van der Waals surface area contributed by atoms with Gasteiger partial charge in [0, 0.05) is 52.2 Å². The molecule has 0 radical (unpaired) electrons. The van der Waals surface area contributed by atoms with E-state index in [2.05, 4.69) is 4.98 Å². The number of hydrogen-bond donors (Lipinski definition) is 2. The van der Waals surface area contributed by atoms with Crippen LogP contribution in [0.2, 0.25) is 0 Å². The number of H-pyrrole nitrogens is 1. The number of aromatic nitrogens is 1. The van der Waals surface area contributed by atoms with E-state index in [1.807, 2.05) is 0 Å². The molecule has 3 N–H and O–H groups in total. The molecule has 0 saturated carbocycles. The summed E-state index contributed by atoms with van der Waals surface area (Å²) >= 11 is 0. The molecule has 0 unspecified atom stereocenters. The van der Waals surface area contributed by atoms with Crippen molar-refractivity contribution in [3.8, 4) is 0 Å². The second kappa shape index (κ2) is 5.21. The quantitative estimate of drug-likeness (QED) is 0.751. The molecule has 1 fully saturated rings. The van der Waals surface area contributed by atoms with E-state index in [9.17, 15) is 9.59 Å². The lowest BCUT2D eigenvalue weighted by atomic mass is 10.3. The number of anilines is 1. The van der Waals surface area contributed by atoms with Gasteiger partial charge >= 0.3 is 6.03 Å². The van der Waals surface area contributed by atoms with Crippen molar-refractivity contribution in [1.82, 2.24) is 19.7 Å². The van der Waals surface area contributed by atoms with E-state index in [0.717, 1.165) is 0 Å². The predicted molar refractivity (Wildman–Crippen MR) is 71.8 cm³/mol. The van der Waals surface area contributed by atoms with Crippen molar-refractivity contribution in [1.29, 1.82) is 0 Å². The first kappa shape index (κ1) is 13.3. The van der Waals surface area contributed by atoms with Crippen molar-refractivity contribution in [3.63, 3.8) is 0 Å². The average Bonchev–Trinajstić information content (AvgIpc) is 2.84. The van der Waals surface area contributed by atoms with Gasteiger partial charge in [-0.1, -0.05) is 0 Å². The van der Waals surface area contributed by atoms with Crippen LogP contribution in [0.15, 0.2) is 12.3 Å². The number of nitrogens with zero attached hydrogens (tertiary/aromatic N) is 3. The Morgan fingerprint density at radius 1 is 1.21 bits per heavy atom. The topological polar surface area (TPSA) is 85.7 Å². The number of nitrogens with two attached hydrogens (primary N) is 1. The van der Waals surface area contributed by atoms with Gasteiger partial charge in [-0.15, -0.1) is 0 Å². The van der Waals surface area contributed by atoms with Crippen LogP contribution in [0.1, 0.15) is 10.5 Å². The van der Waals surface area contributed by atoms with Crippen LogP contribution in [0.5, 0.6) is 0 Å². The molecule has 7 nitrogen and oxygen atoms in total. The molecular formula is C12H19N5O2. The summed E-state index contributed by atoms with van der Waals surface area (Å²) in [5, 5.41) is 0. The molecule has 2 heterocycles. The molecule has 2 rings (SSSR count). The highest BCUT2D eigenvalue weighted by atomic mass is 16.2. The average molecular weight is 265 g/mol. The van der Waals surface area contributed by atoms with Gasteiger partial charge in [-0.25, -0.2) is 4.79 Å². The summed E-state index contributed by atoms with van der Waals surface area (Å²) in [6.07, 6.45) is 1.60. The molecule has 19 heavy (non-hydrogen) atoms. The molecule has 7 heteroatoms. The van der Waals surface area contributed by atoms with Gasteiger partial charge in [-0.3, -0.25) is 4.79 Å². The Kier molecular flexibility index (Phi) is 3.64. The fourth-order valence-corrected chi connectivity index (χ4v) is 2.09. The number of amides is 3. The molecule has 0 atom stereocenters. The smallest absolute Gasteiger partial charge is 0.319 e. The van der Waals surface area contributed by atoms with Crippen molar-refractivity contribution >= 4 is 17.6 Å². The summed E-state index contributed by atoms with van der Waals surface area (Å²) in [6.45, 7) is 2.19. The maximum absolute atomic E-state index is 12.1. The Bertz CT molecular complexity index is 474. The minimum Gasteiger partial charge on any atom is -0.397 e. The van der Waals surface area contributed by atoms with Gasteiger partial charge in [0.1, 0.15) is 5.69 Å². The van der Waals surface area contributed by atoms with Gasteiger partial charge in [-0.05, 0) is 6.07 Å². The number of piperazine rings is 1. The van der Waals surface area contributed by atoms with Crippen molar-refractivity contribution < 1.29 is 9.59 Å². The van der Waals surface area contributed by atoms with E-state index in [0.29, 0.717) is 37.6 Å². The Hall–Kier alpha value is -2.18. The van der Waals surface area contributed by atoms with Crippen molar-refractivity contribution in [2.45, 2.75) is 0 Å². The number of nitrogen functional groups attached to an aromatic ring is 1. The number of rotatable bonds is 1. The first-order valence-electron chi connectivity index (χ1n) is 6.18. The SMILES string of the molecule is CN(C)C(=O)N1CCN(C(=O)c2cc(N)c[nH]2)CC1. The largest absolute Gasteiger partial charge is 0.397 e. The molecular weight excluding hydrogens is 246 g/mol. The fraction of sp³-hybridized carbons (Fsp3) is 0.500. The second-order valence-corrected chi connectivity index (χ2v) is 4.80. The van der Waals surface area contributed by atoms with E-state index < -0.39 is 0 Å². The number of hydrogen-bond acceptors (Lipinski definition) is 3. The maximum atomic E-state index is 12.1. The Morgan fingerprint density at radius 3 is 2.26 bits per heavy atom. The van der Waals surface area contributed by atoms with Crippen molar-refractivity contribution in [2.24, 2.45) is 0 Å². The summed E-state index contributed by atoms with van der Waals surface area (Å²) in [6, 6.07) is 1.61. The number of carbonyl (C=O) groups is 2. The van der Waals surface area contributed by atoms with E-state index >= 15 is 0 Å². The monoisotopic (exact) mass is 265 g/mol. The lowest BCUT2D eigenvalue weighted by Crippen LogP contribution is -2.52. The van der Waals surface area contributed by atoms with Crippen LogP contribution in [0, 0.1) is 0 Å². The third kappa shape index (κ3) is 2.81. The lowest BCUT2D eigenvalue weighted by molar-refractivity contribution is 0.0645. The van der Waals surface area contributed by atoms with Crippen LogP contribution in [-0.4, -0.2) is 71.9 Å². The minimum absolute atomic E-state index is 0.0174. The van der Waals surface area contributed by atoms with E-state index in [-0.39, 0.29) is 11.9 Å². The van der Waals surface area contributed by atoms with Crippen molar-refractivity contribution in [2.75, 3.05) is 46.0 Å². The van der Waals surface area contributed by atoms with Crippen molar-refractivity contribution in [3.05, 3.63) is 18.0 Å². The second-order valence-electron chi connectivity index (χ2n) is 4.80. The number of carbonyl (C=O) groups excluding carboxylic acids is 2. The van der Waals surface area contributed by atoms with Crippen LogP contribution >= 0.6 is 0 Å². The first-order valence-corrected chi connectivity index (χ1v) is 6.18. The van der Waals surface area contributed by atoms with Crippen LogP contribution in [0.4, 0.5) is 10.5 Å². The van der Waals surface area contributed by atoms with E-state index in [1.54, 1.807) is 41.1 Å². The molecule has 1 aromatic rings. The van der Waals surface area contributed by atoms with Crippen LogP contribution in [0.3, 0.4) is 0 Å². The number of nitrogens with one attached hydrogen (secondary N) is 1. The summed E-state index contributed by atoms with van der Waals surface area (Å²) in [7, 11) is 3.45. The zero-order valence-corrected chi connectivity index (χ0v) is 11.2. The molecule has 0 aromatic carbocycles. The van der Waals surface area contributed by atoms with Crippen LogP contribution in [-0.2, 0) is 0 Å². The van der Waals surface area contributed by atoms with Gasteiger partial charge < -0.3 is 25.4 Å². The molecule has 0 spiro atoms. The lowest BCUT2D eigenvalue weighted by Gasteiger charge is -2.35. The molecule has 1 aliphatic rings. The van der Waals surface area contributed by atoms with E-state index in [4.69, 9.17) is 5.73 Å². The molecule has 0 bridgehead atoms. The van der Waals surface area contributed by atoms with Gasteiger partial charge in [-0.2, -0.15) is 0 Å². The fourth-order valence-electron chi connectivity index (χ4n) is 2.09. The standard InChI is InChI=1S/C12H19N5O2/c1-15(2)12(19)17-5-3-16(4-6-17)11(18)10-7-9(13)8-14-10/h7-8,14H,3-6,13H2,1-2H3. The van der Waals surface area contributed by atoms with Gasteiger partial charge in [0.05, 0.1) is 0 Å². The summed E-state index contributed by atoms with van der Waals surface area (Å²) in [5.41, 5.74) is 6.62. The highest BCUT2D eigenvalue weighted by molar-refractivity contribution is 5.93. The third-order valence-corrected chi connectivity index (χ3v) is 3.16. The summed E-state index contributed by atoms with van der Waals surface area (Å²) < 4.78 is 0. The molecule has 0 aliphatic carbocycles. The molecule has 3 amide bonds. The van der Waals surface area contributed by atoms with Crippen LogP contribution in [0.25, 0.3) is 0 Å². The third-order valence-electron chi connectivity index (χ3n) is 3.16. The highest BCUT2D eigenvalue weighted by Crippen LogP contribution is 2.11. The summed E-state index contributed by atoms with van der Waals surface area (Å²) in [5.74, 6) is -0.0753. The zero-order chi connectivity index (χ0) is 14.0. The first-order chi connectivity index (χ1) is 8.99. The normalized spacial score (nSPS) is 15.5. The Balaban J connectivity index is 1.93. The number of urea groups is 1.